The molecule has 2 heterocycles. The van der Waals surface area contributed by atoms with Gasteiger partial charge in [-0.25, -0.2) is 5.84 Å². The summed E-state index contributed by atoms with van der Waals surface area (Å²) in [5, 5.41) is 5.22. The van der Waals surface area contributed by atoms with Crippen molar-refractivity contribution >= 4 is 29.5 Å². The molecule has 0 aromatic carbocycles. The van der Waals surface area contributed by atoms with Gasteiger partial charge in [-0.2, -0.15) is 0 Å². The lowest BCUT2D eigenvalue weighted by Gasteiger charge is -2.25. The Morgan fingerprint density at radius 1 is 1.41 bits per heavy atom. The van der Waals surface area contributed by atoms with Crippen LogP contribution < -0.4 is 21.9 Å². The number of hydrogen-bond acceptors (Lipinski definition) is 6. The first-order chi connectivity index (χ1) is 10.6. The molecule has 0 spiro atoms. The zero-order valence-corrected chi connectivity index (χ0v) is 13.1. The van der Waals surface area contributed by atoms with Crippen molar-refractivity contribution < 1.29 is 19.1 Å². The summed E-state index contributed by atoms with van der Waals surface area (Å²) >= 11 is 1.49. The Morgan fingerprint density at radius 2 is 2.23 bits per heavy atom. The van der Waals surface area contributed by atoms with Gasteiger partial charge in [0.15, 0.2) is 0 Å². The van der Waals surface area contributed by atoms with E-state index in [0.29, 0.717) is 18.6 Å². The van der Waals surface area contributed by atoms with E-state index < -0.39 is 18.0 Å². The molecule has 3 amide bonds. The monoisotopic (exact) mass is 330 g/mol. The van der Waals surface area contributed by atoms with E-state index in [0.717, 1.165) is 25.9 Å². The largest absolute Gasteiger partial charge is 0.368 e. The highest BCUT2D eigenvalue weighted by Crippen LogP contribution is 2.23. The lowest BCUT2D eigenvalue weighted by atomic mass is 10.2. The fourth-order valence-corrected chi connectivity index (χ4v) is 3.58. The molecule has 3 unspecified atom stereocenters. The molecule has 0 radical (unpaired) electrons. The zero-order valence-electron chi connectivity index (χ0n) is 12.3. The first-order valence-electron chi connectivity index (χ1n) is 7.43. The smallest absolute Gasteiger partial charge is 0.257 e. The summed E-state index contributed by atoms with van der Waals surface area (Å²) in [6, 6.07) is -1.32. The highest BCUT2D eigenvalue weighted by atomic mass is 32.2. The number of carbonyl (C=O) groups is 3. The highest BCUT2D eigenvalue weighted by molar-refractivity contribution is 7.99. The average molecular weight is 330 g/mol. The molecule has 0 aromatic heterocycles. The van der Waals surface area contributed by atoms with Gasteiger partial charge in [0.2, 0.25) is 11.8 Å². The molecule has 0 saturated carbocycles. The minimum Gasteiger partial charge on any atom is -0.368 e. The van der Waals surface area contributed by atoms with Gasteiger partial charge in [0.25, 0.3) is 5.91 Å². The van der Waals surface area contributed by atoms with Gasteiger partial charge in [0.1, 0.15) is 17.5 Å². The van der Waals surface area contributed by atoms with E-state index in [4.69, 9.17) is 10.6 Å². The number of nitrogens with one attached hydrogen (secondary N) is 3. The Hall–Kier alpha value is -1.32. The van der Waals surface area contributed by atoms with Crippen molar-refractivity contribution in [2.75, 3.05) is 12.4 Å². The van der Waals surface area contributed by atoms with Crippen LogP contribution in [-0.2, 0) is 19.1 Å². The van der Waals surface area contributed by atoms with Crippen LogP contribution in [0.15, 0.2) is 0 Å². The molecule has 124 valence electrons. The fourth-order valence-electron chi connectivity index (χ4n) is 2.41. The van der Waals surface area contributed by atoms with Crippen LogP contribution in [0.1, 0.15) is 32.1 Å². The molecule has 2 aliphatic rings. The summed E-state index contributed by atoms with van der Waals surface area (Å²) in [7, 11) is 0. The van der Waals surface area contributed by atoms with Crippen molar-refractivity contribution in [3.05, 3.63) is 0 Å². The first-order valence-corrected chi connectivity index (χ1v) is 8.48. The number of ether oxygens (including phenoxy) is 1. The van der Waals surface area contributed by atoms with Crippen LogP contribution in [0.3, 0.4) is 0 Å². The third-order valence-electron chi connectivity index (χ3n) is 3.67. The summed E-state index contributed by atoms with van der Waals surface area (Å²) in [6.45, 7) is 0.728. The van der Waals surface area contributed by atoms with Crippen LogP contribution in [0.4, 0.5) is 0 Å². The molecule has 0 aromatic rings. The maximum atomic E-state index is 12.1. The standard InChI is InChI=1S/C13H22N4O4S/c14-17-13(20)9(7-22-11-3-1-2-6-21-11)16-12(19)8-4-5-10(18)15-8/h8-9,11H,1-7,14H2,(H,15,18)(H,16,19)(H,17,20). The van der Waals surface area contributed by atoms with Gasteiger partial charge < -0.3 is 15.4 Å². The second-order valence-electron chi connectivity index (χ2n) is 5.36. The highest BCUT2D eigenvalue weighted by Gasteiger charge is 2.30. The van der Waals surface area contributed by atoms with Crippen molar-refractivity contribution in [1.29, 1.82) is 0 Å². The number of rotatable bonds is 6. The number of amides is 3. The summed E-state index contributed by atoms with van der Waals surface area (Å²) in [5.41, 5.74) is 2.11. The van der Waals surface area contributed by atoms with E-state index >= 15 is 0 Å². The van der Waals surface area contributed by atoms with E-state index in [2.05, 4.69) is 16.1 Å². The van der Waals surface area contributed by atoms with Crippen molar-refractivity contribution in [3.8, 4) is 0 Å². The molecule has 2 rings (SSSR count). The van der Waals surface area contributed by atoms with Crippen LogP contribution in [0.5, 0.6) is 0 Å². The minimum absolute atomic E-state index is 0.0462. The fraction of sp³-hybridized carbons (Fsp3) is 0.769. The third kappa shape index (κ3) is 4.85. The van der Waals surface area contributed by atoms with Gasteiger partial charge in [-0.3, -0.25) is 19.8 Å². The number of nitrogens with two attached hydrogens (primary N) is 1. The van der Waals surface area contributed by atoms with Gasteiger partial charge in [-0.15, -0.1) is 11.8 Å². The minimum atomic E-state index is -0.745. The topological polar surface area (TPSA) is 123 Å². The van der Waals surface area contributed by atoms with Gasteiger partial charge in [-0.05, 0) is 25.7 Å². The number of hydrazine groups is 1. The molecule has 8 nitrogen and oxygen atoms in total. The Labute approximate surface area is 133 Å². The zero-order chi connectivity index (χ0) is 15.9. The number of carbonyl (C=O) groups excluding carboxylic acids is 3. The van der Waals surface area contributed by atoms with Gasteiger partial charge in [0.05, 0.1) is 0 Å². The van der Waals surface area contributed by atoms with Crippen molar-refractivity contribution in [2.24, 2.45) is 5.84 Å². The Balaban J connectivity index is 1.84. The summed E-state index contributed by atoms with van der Waals surface area (Å²) < 4.78 is 5.59. The maximum Gasteiger partial charge on any atom is 0.257 e. The van der Waals surface area contributed by atoms with Gasteiger partial charge >= 0.3 is 0 Å². The SMILES string of the molecule is NNC(=O)C(CSC1CCCCO1)NC(=O)C1CCC(=O)N1. The quantitative estimate of drug-likeness (QED) is 0.281. The predicted molar refractivity (Wildman–Crippen MR) is 81.5 cm³/mol. The summed E-state index contributed by atoms with van der Waals surface area (Å²) in [5.74, 6) is 4.58. The molecule has 2 aliphatic heterocycles. The van der Waals surface area contributed by atoms with E-state index in [-0.39, 0.29) is 17.3 Å². The summed E-state index contributed by atoms with van der Waals surface area (Å²) in [4.78, 5) is 35.0. The molecule has 5 N–H and O–H groups in total. The molecule has 0 bridgehead atoms. The molecule has 0 aliphatic carbocycles. The van der Waals surface area contributed by atoms with Gasteiger partial charge in [0, 0.05) is 18.8 Å². The normalized spacial score (nSPS) is 26.1. The van der Waals surface area contributed by atoms with Crippen LogP contribution in [-0.4, -0.2) is 47.6 Å². The van der Waals surface area contributed by atoms with E-state index in [1.807, 2.05) is 0 Å². The molecular weight excluding hydrogens is 308 g/mol. The van der Waals surface area contributed by atoms with Crippen molar-refractivity contribution in [3.63, 3.8) is 0 Å². The lowest BCUT2D eigenvalue weighted by Crippen LogP contribution is -2.54. The van der Waals surface area contributed by atoms with E-state index in [1.54, 1.807) is 0 Å². The second kappa shape index (κ2) is 8.35. The molecular formula is C13H22N4O4S. The van der Waals surface area contributed by atoms with Crippen LogP contribution in [0.25, 0.3) is 0 Å². The Kier molecular flexibility index (Phi) is 6.47. The first kappa shape index (κ1) is 17.0. The lowest BCUT2D eigenvalue weighted by molar-refractivity contribution is -0.130. The average Bonchev–Trinajstić information content (AvgIpc) is 2.98. The van der Waals surface area contributed by atoms with E-state index in [9.17, 15) is 14.4 Å². The van der Waals surface area contributed by atoms with Crippen LogP contribution in [0, 0.1) is 0 Å². The molecule has 2 saturated heterocycles. The molecule has 9 heteroatoms. The number of hydrogen-bond donors (Lipinski definition) is 4. The second-order valence-corrected chi connectivity index (χ2v) is 6.55. The molecule has 3 atom stereocenters. The van der Waals surface area contributed by atoms with E-state index in [1.165, 1.54) is 11.8 Å². The molecule has 2 fully saturated rings. The van der Waals surface area contributed by atoms with Gasteiger partial charge in [-0.1, -0.05) is 0 Å². The Bertz CT molecular complexity index is 428. The predicted octanol–water partition coefficient (Wildman–Crippen LogP) is -1.00. The van der Waals surface area contributed by atoms with Crippen molar-refractivity contribution in [2.45, 2.75) is 49.6 Å². The van der Waals surface area contributed by atoms with Crippen LogP contribution >= 0.6 is 11.8 Å². The Morgan fingerprint density at radius 3 is 2.82 bits per heavy atom. The number of thioether (sulfide) groups is 1. The molecule has 22 heavy (non-hydrogen) atoms. The third-order valence-corrected chi connectivity index (χ3v) is 4.94. The summed E-state index contributed by atoms with van der Waals surface area (Å²) in [6.07, 6.45) is 3.87. The van der Waals surface area contributed by atoms with Crippen LogP contribution in [0.2, 0.25) is 0 Å². The maximum absolute atomic E-state index is 12.1. The van der Waals surface area contributed by atoms with Crippen molar-refractivity contribution in [1.82, 2.24) is 16.1 Å².